The molecule has 0 amide bonds. The Morgan fingerprint density at radius 2 is 2.26 bits per heavy atom. The lowest BCUT2D eigenvalue weighted by atomic mass is 10.1. The zero-order valence-corrected chi connectivity index (χ0v) is 11.6. The Balaban J connectivity index is 2.15. The van der Waals surface area contributed by atoms with E-state index in [9.17, 15) is 0 Å². The molecule has 1 saturated heterocycles. The molecule has 2 rings (SSSR count). The van der Waals surface area contributed by atoms with Gasteiger partial charge in [0.25, 0.3) is 0 Å². The molecule has 1 aromatic rings. The highest BCUT2D eigenvalue weighted by Gasteiger charge is 2.24. The van der Waals surface area contributed by atoms with E-state index in [0.29, 0.717) is 12.6 Å². The molecule has 3 N–H and O–H groups in total. The number of hydrogen-bond acceptors (Lipinski definition) is 4. The maximum absolute atomic E-state index is 8.98. The molecule has 1 aromatic carbocycles. The van der Waals surface area contributed by atoms with Crippen molar-refractivity contribution in [2.24, 2.45) is 0 Å². The van der Waals surface area contributed by atoms with Crippen molar-refractivity contribution in [2.45, 2.75) is 38.6 Å². The van der Waals surface area contributed by atoms with Crippen LogP contribution in [0.25, 0.3) is 0 Å². The Hall–Kier alpha value is -1.42. The average molecular weight is 264 g/mol. The summed E-state index contributed by atoms with van der Waals surface area (Å²) in [5, 5.41) is 8.98. The van der Waals surface area contributed by atoms with Crippen LogP contribution in [0, 0.1) is 0 Å². The number of ether oxygens (including phenoxy) is 1. The topological polar surface area (TPSA) is 58.7 Å². The van der Waals surface area contributed by atoms with Gasteiger partial charge in [0.2, 0.25) is 0 Å². The Morgan fingerprint density at radius 1 is 1.42 bits per heavy atom. The molecule has 0 aromatic heterocycles. The summed E-state index contributed by atoms with van der Waals surface area (Å²) in [7, 11) is 0. The summed E-state index contributed by atoms with van der Waals surface area (Å²) >= 11 is 0. The fourth-order valence-electron chi connectivity index (χ4n) is 2.82. The summed E-state index contributed by atoms with van der Waals surface area (Å²) in [5.74, 6) is 0.838. The maximum atomic E-state index is 8.98. The van der Waals surface area contributed by atoms with E-state index in [-0.39, 0.29) is 6.61 Å². The first-order valence-electron chi connectivity index (χ1n) is 7.15. The van der Waals surface area contributed by atoms with Gasteiger partial charge in [-0.05, 0) is 38.7 Å². The van der Waals surface area contributed by atoms with Gasteiger partial charge in [-0.15, -0.1) is 0 Å². The minimum Gasteiger partial charge on any atom is -0.494 e. The summed E-state index contributed by atoms with van der Waals surface area (Å²) < 4.78 is 5.56. The van der Waals surface area contributed by atoms with Crippen LogP contribution in [0.5, 0.6) is 5.75 Å². The van der Waals surface area contributed by atoms with Crippen LogP contribution in [0.4, 0.5) is 11.4 Å². The number of benzene rings is 1. The molecular formula is C15H24N2O2. The molecule has 19 heavy (non-hydrogen) atoms. The van der Waals surface area contributed by atoms with E-state index < -0.39 is 0 Å². The van der Waals surface area contributed by atoms with Crippen LogP contribution >= 0.6 is 0 Å². The molecular weight excluding hydrogens is 240 g/mol. The summed E-state index contributed by atoms with van der Waals surface area (Å²) in [6.45, 7) is 3.95. The second kappa shape index (κ2) is 6.66. The standard InChI is InChI=1S/C15H24N2O2/c1-2-19-15-10-12(16)9-14(11-15)17-7-3-5-13(17)6-4-8-18/h9-11,13,18H,2-8,16H2,1H3. The molecule has 1 unspecified atom stereocenters. The van der Waals surface area contributed by atoms with Gasteiger partial charge in [0, 0.05) is 42.7 Å². The van der Waals surface area contributed by atoms with Crippen LogP contribution in [0.3, 0.4) is 0 Å². The Bertz CT molecular complexity index is 409. The normalized spacial score (nSPS) is 18.8. The molecule has 1 atom stereocenters. The van der Waals surface area contributed by atoms with Crippen molar-refractivity contribution in [1.29, 1.82) is 0 Å². The number of aliphatic hydroxyl groups is 1. The molecule has 0 spiro atoms. The van der Waals surface area contributed by atoms with Crippen LogP contribution < -0.4 is 15.4 Å². The molecule has 1 aliphatic heterocycles. The quantitative estimate of drug-likeness (QED) is 0.775. The number of nitrogen functional groups attached to an aromatic ring is 1. The molecule has 0 bridgehead atoms. The van der Waals surface area contributed by atoms with Crippen molar-refractivity contribution in [2.75, 3.05) is 30.4 Å². The third kappa shape index (κ3) is 3.53. The predicted octanol–water partition coefficient (Wildman–Crippen LogP) is 2.41. The van der Waals surface area contributed by atoms with Crippen LogP contribution in [-0.4, -0.2) is 30.9 Å². The molecule has 0 aliphatic carbocycles. The summed E-state index contributed by atoms with van der Waals surface area (Å²) in [4.78, 5) is 2.40. The second-order valence-electron chi connectivity index (χ2n) is 5.05. The predicted molar refractivity (Wildman–Crippen MR) is 78.7 cm³/mol. The van der Waals surface area contributed by atoms with E-state index in [2.05, 4.69) is 11.0 Å². The van der Waals surface area contributed by atoms with Crippen LogP contribution in [0.2, 0.25) is 0 Å². The first-order chi connectivity index (χ1) is 9.24. The third-order valence-corrected chi connectivity index (χ3v) is 3.63. The molecule has 4 heteroatoms. The van der Waals surface area contributed by atoms with Gasteiger partial charge < -0.3 is 20.5 Å². The third-order valence-electron chi connectivity index (χ3n) is 3.63. The number of anilines is 2. The molecule has 1 aliphatic rings. The van der Waals surface area contributed by atoms with Gasteiger partial charge in [-0.25, -0.2) is 0 Å². The highest BCUT2D eigenvalue weighted by Crippen LogP contribution is 2.32. The molecule has 0 radical (unpaired) electrons. The van der Waals surface area contributed by atoms with Gasteiger partial charge in [-0.3, -0.25) is 0 Å². The zero-order chi connectivity index (χ0) is 13.7. The maximum Gasteiger partial charge on any atom is 0.123 e. The number of nitrogens with zero attached hydrogens (tertiary/aromatic N) is 1. The Kier molecular flexibility index (Phi) is 4.91. The molecule has 106 valence electrons. The fourth-order valence-corrected chi connectivity index (χ4v) is 2.82. The second-order valence-corrected chi connectivity index (χ2v) is 5.05. The van der Waals surface area contributed by atoms with Crippen molar-refractivity contribution in [3.63, 3.8) is 0 Å². The van der Waals surface area contributed by atoms with Gasteiger partial charge in [0.05, 0.1) is 6.61 Å². The van der Waals surface area contributed by atoms with E-state index in [1.54, 1.807) is 0 Å². The lowest BCUT2D eigenvalue weighted by molar-refractivity contribution is 0.279. The van der Waals surface area contributed by atoms with E-state index in [4.69, 9.17) is 15.6 Å². The van der Waals surface area contributed by atoms with Crippen molar-refractivity contribution in [3.05, 3.63) is 18.2 Å². The molecule has 1 fully saturated rings. The Morgan fingerprint density at radius 3 is 3.00 bits per heavy atom. The van der Waals surface area contributed by atoms with E-state index in [1.165, 1.54) is 12.8 Å². The fraction of sp³-hybridized carbons (Fsp3) is 0.600. The van der Waals surface area contributed by atoms with Gasteiger partial charge >= 0.3 is 0 Å². The van der Waals surface area contributed by atoms with Crippen molar-refractivity contribution >= 4 is 11.4 Å². The lowest BCUT2D eigenvalue weighted by Crippen LogP contribution is -2.29. The molecule has 0 saturated carbocycles. The van der Waals surface area contributed by atoms with Gasteiger partial charge in [0.1, 0.15) is 5.75 Å². The number of aliphatic hydroxyl groups excluding tert-OH is 1. The minimum atomic E-state index is 0.269. The first kappa shape index (κ1) is 14.0. The lowest BCUT2D eigenvalue weighted by Gasteiger charge is -2.27. The van der Waals surface area contributed by atoms with E-state index in [0.717, 1.165) is 36.5 Å². The smallest absolute Gasteiger partial charge is 0.123 e. The summed E-state index contributed by atoms with van der Waals surface area (Å²) in [5.41, 5.74) is 7.84. The monoisotopic (exact) mass is 264 g/mol. The number of hydrogen-bond donors (Lipinski definition) is 2. The zero-order valence-electron chi connectivity index (χ0n) is 11.6. The summed E-state index contributed by atoms with van der Waals surface area (Å²) in [6, 6.07) is 6.46. The van der Waals surface area contributed by atoms with E-state index in [1.807, 2.05) is 19.1 Å². The number of rotatable bonds is 6. The average Bonchev–Trinajstić information content (AvgIpc) is 2.84. The van der Waals surface area contributed by atoms with Crippen LogP contribution in [0.1, 0.15) is 32.6 Å². The van der Waals surface area contributed by atoms with Crippen LogP contribution in [-0.2, 0) is 0 Å². The highest BCUT2D eigenvalue weighted by atomic mass is 16.5. The minimum absolute atomic E-state index is 0.269. The first-order valence-corrected chi connectivity index (χ1v) is 7.15. The highest BCUT2D eigenvalue weighted by molar-refractivity contribution is 5.61. The largest absolute Gasteiger partial charge is 0.494 e. The van der Waals surface area contributed by atoms with Gasteiger partial charge in [-0.1, -0.05) is 0 Å². The van der Waals surface area contributed by atoms with E-state index >= 15 is 0 Å². The van der Waals surface area contributed by atoms with Crippen molar-refractivity contribution in [1.82, 2.24) is 0 Å². The van der Waals surface area contributed by atoms with Gasteiger partial charge in [-0.2, -0.15) is 0 Å². The Labute approximate surface area is 115 Å². The van der Waals surface area contributed by atoms with Crippen molar-refractivity contribution < 1.29 is 9.84 Å². The summed E-state index contributed by atoms with van der Waals surface area (Å²) in [6.07, 6.45) is 4.30. The molecule has 4 nitrogen and oxygen atoms in total. The molecule has 1 heterocycles. The SMILES string of the molecule is CCOc1cc(N)cc(N2CCCC2CCCO)c1. The van der Waals surface area contributed by atoms with Crippen LogP contribution in [0.15, 0.2) is 18.2 Å². The van der Waals surface area contributed by atoms with Gasteiger partial charge in [0.15, 0.2) is 0 Å². The van der Waals surface area contributed by atoms with Crippen molar-refractivity contribution in [3.8, 4) is 5.75 Å². The number of nitrogens with two attached hydrogens (primary N) is 1.